The van der Waals surface area contributed by atoms with Crippen LogP contribution in [0.1, 0.15) is 57.7 Å². The van der Waals surface area contributed by atoms with Crippen molar-refractivity contribution in [2.75, 3.05) is 0 Å². The second-order valence-electron chi connectivity index (χ2n) is 8.85. The summed E-state index contributed by atoms with van der Waals surface area (Å²) in [6.45, 7) is 6.67. The van der Waals surface area contributed by atoms with Gasteiger partial charge in [-0.2, -0.15) is 18.3 Å². The predicted octanol–water partition coefficient (Wildman–Crippen LogP) is 3.20. The topological polar surface area (TPSA) is 84.2 Å². The highest BCUT2D eigenvalue weighted by atomic mass is 19.4. The Labute approximate surface area is 172 Å². The molecular weight excluding hydrogens is 399 g/mol. The zero-order valence-corrected chi connectivity index (χ0v) is 17.4. The molecule has 164 valence electrons. The van der Waals surface area contributed by atoms with Crippen molar-refractivity contribution in [1.82, 2.24) is 15.1 Å². The molecule has 30 heavy (non-hydrogen) atoms. The Hall–Kier alpha value is -2.42. The molecule has 0 atom stereocenters. The van der Waals surface area contributed by atoms with E-state index in [0.29, 0.717) is 18.5 Å². The number of halogens is 3. The number of hydrogen-bond donors (Lipinski definition) is 2. The van der Waals surface area contributed by atoms with Crippen LogP contribution in [0.5, 0.6) is 0 Å². The maximum Gasteiger partial charge on any atom is 0.416 e. The number of aromatic nitrogens is 2. The quantitative estimate of drug-likeness (QED) is 0.771. The lowest BCUT2D eigenvalue weighted by atomic mass is 9.71. The summed E-state index contributed by atoms with van der Waals surface area (Å²) in [4.78, 5) is 25.2. The average Bonchev–Trinajstić information content (AvgIpc) is 2.57. The second kappa shape index (κ2) is 7.68. The van der Waals surface area contributed by atoms with E-state index in [0.717, 1.165) is 22.9 Å². The molecule has 0 saturated heterocycles. The number of fused-ring (bicyclic) bond motifs is 1. The van der Waals surface area contributed by atoms with Crippen molar-refractivity contribution in [2.45, 2.75) is 70.8 Å². The Balaban J connectivity index is 1.85. The number of carbonyl (C=O) groups excluding carboxylic acids is 1. The molecule has 1 amide bonds. The van der Waals surface area contributed by atoms with E-state index < -0.39 is 28.8 Å². The minimum atomic E-state index is -4.53. The van der Waals surface area contributed by atoms with Gasteiger partial charge >= 0.3 is 6.18 Å². The minimum Gasteiger partial charge on any atom is -0.390 e. The lowest BCUT2D eigenvalue weighted by molar-refractivity contribution is -0.137. The molecule has 9 heteroatoms. The smallest absolute Gasteiger partial charge is 0.390 e. The monoisotopic (exact) mass is 425 g/mol. The van der Waals surface area contributed by atoms with Gasteiger partial charge < -0.3 is 10.4 Å². The van der Waals surface area contributed by atoms with Crippen molar-refractivity contribution in [2.24, 2.45) is 5.92 Å². The van der Waals surface area contributed by atoms with Gasteiger partial charge in [0.05, 0.1) is 22.2 Å². The molecule has 3 rings (SSSR count). The van der Waals surface area contributed by atoms with Gasteiger partial charge in [-0.15, -0.1) is 0 Å². The molecule has 0 aliphatic heterocycles. The van der Waals surface area contributed by atoms with Crippen LogP contribution in [-0.2, 0) is 17.5 Å². The van der Waals surface area contributed by atoms with Gasteiger partial charge in [0.1, 0.15) is 6.54 Å². The largest absolute Gasteiger partial charge is 0.416 e. The summed E-state index contributed by atoms with van der Waals surface area (Å²) in [7, 11) is 0. The van der Waals surface area contributed by atoms with Crippen molar-refractivity contribution in [3.8, 4) is 0 Å². The molecular formula is C21H26F3N3O3. The van der Waals surface area contributed by atoms with Crippen molar-refractivity contribution in [1.29, 1.82) is 0 Å². The van der Waals surface area contributed by atoms with E-state index in [1.807, 2.05) is 0 Å². The Bertz CT molecular complexity index is 1020. The summed E-state index contributed by atoms with van der Waals surface area (Å²) >= 11 is 0. The molecule has 2 aromatic rings. The number of rotatable bonds is 5. The highest BCUT2D eigenvalue weighted by molar-refractivity contribution is 5.85. The van der Waals surface area contributed by atoms with Gasteiger partial charge in [-0.25, -0.2) is 4.68 Å². The zero-order valence-electron chi connectivity index (χ0n) is 17.4. The van der Waals surface area contributed by atoms with E-state index in [-0.39, 0.29) is 35.2 Å². The molecule has 0 spiro atoms. The van der Waals surface area contributed by atoms with Crippen LogP contribution in [0.2, 0.25) is 0 Å². The minimum absolute atomic E-state index is 0.0796. The molecule has 0 radical (unpaired) electrons. The summed E-state index contributed by atoms with van der Waals surface area (Å²) in [5, 5.41) is 17.2. The first kappa shape index (κ1) is 22.3. The first-order valence-electron chi connectivity index (χ1n) is 9.91. The number of alkyl halides is 3. The number of nitrogens with one attached hydrogen (secondary N) is 1. The third kappa shape index (κ3) is 4.50. The zero-order chi connectivity index (χ0) is 22.4. The van der Waals surface area contributed by atoms with Gasteiger partial charge in [0, 0.05) is 11.4 Å². The molecule has 1 fully saturated rings. The Kier molecular flexibility index (Phi) is 5.70. The summed E-state index contributed by atoms with van der Waals surface area (Å²) in [6, 6.07) is 2.87. The summed E-state index contributed by atoms with van der Waals surface area (Å²) in [5.41, 5.74) is -1.94. The Morgan fingerprint density at radius 1 is 1.27 bits per heavy atom. The molecule has 1 aromatic heterocycles. The van der Waals surface area contributed by atoms with E-state index >= 15 is 0 Å². The number of amides is 1. The van der Waals surface area contributed by atoms with Crippen LogP contribution in [0.3, 0.4) is 0 Å². The first-order valence-corrected chi connectivity index (χ1v) is 9.91. The molecule has 0 bridgehead atoms. The van der Waals surface area contributed by atoms with Crippen molar-refractivity contribution < 1.29 is 23.1 Å². The molecule has 1 saturated carbocycles. The summed E-state index contributed by atoms with van der Waals surface area (Å²) < 4.78 is 40.3. The SMILES string of the molecule is CC(C)c1nn(CC(=O)N[C@H]2C[C@H](C(C)(C)O)C2)c(=O)c2ccc(C(F)(F)F)cc12. The van der Waals surface area contributed by atoms with E-state index in [4.69, 9.17) is 0 Å². The second-order valence-corrected chi connectivity index (χ2v) is 8.85. The van der Waals surface area contributed by atoms with Crippen LogP contribution < -0.4 is 10.9 Å². The van der Waals surface area contributed by atoms with Gasteiger partial charge in [0.15, 0.2) is 0 Å². The van der Waals surface area contributed by atoms with Gasteiger partial charge in [0.2, 0.25) is 5.91 Å². The maximum atomic E-state index is 13.1. The number of carbonyl (C=O) groups is 1. The molecule has 1 heterocycles. The fourth-order valence-corrected chi connectivity index (χ4v) is 3.74. The fraction of sp³-hybridized carbons (Fsp3) is 0.571. The number of benzene rings is 1. The third-order valence-corrected chi connectivity index (χ3v) is 5.66. The van der Waals surface area contributed by atoms with E-state index in [1.54, 1.807) is 27.7 Å². The van der Waals surface area contributed by atoms with Crippen LogP contribution in [0, 0.1) is 5.92 Å². The van der Waals surface area contributed by atoms with E-state index in [9.17, 15) is 27.9 Å². The highest BCUT2D eigenvalue weighted by Gasteiger charge is 2.39. The molecule has 6 nitrogen and oxygen atoms in total. The van der Waals surface area contributed by atoms with Crippen molar-refractivity contribution in [3.05, 3.63) is 39.8 Å². The van der Waals surface area contributed by atoms with Crippen LogP contribution in [-0.4, -0.2) is 32.4 Å². The van der Waals surface area contributed by atoms with E-state index in [2.05, 4.69) is 10.4 Å². The van der Waals surface area contributed by atoms with Crippen LogP contribution in [0.15, 0.2) is 23.0 Å². The van der Waals surface area contributed by atoms with Crippen LogP contribution >= 0.6 is 0 Å². The molecule has 0 unspecified atom stereocenters. The predicted molar refractivity (Wildman–Crippen MR) is 106 cm³/mol. The van der Waals surface area contributed by atoms with Gasteiger partial charge in [0.25, 0.3) is 5.56 Å². The molecule has 1 aromatic carbocycles. The lowest BCUT2D eigenvalue weighted by Gasteiger charge is -2.42. The number of aliphatic hydroxyl groups is 1. The van der Waals surface area contributed by atoms with Gasteiger partial charge in [-0.1, -0.05) is 13.8 Å². The van der Waals surface area contributed by atoms with Gasteiger partial charge in [-0.3, -0.25) is 9.59 Å². The van der Waals surface area contributed by atoms with Crippen LogP contribution in [0.4, 0.5) is 13.2 Å². The van der Waals surface area contributed by atoms with Crippen molar-refractivity contribution in [3.63, 3.8) is 0 Å². The Morgan fingerprint density at radius 3 is 2.43 bits per heavy atom. The molecule has 1 aliphatic carbocycles. The average molecular weight is 425 g/mol. The standard InChI is InChI=1S/C21H26F3N3O3/c1-11(2)18-16-9-12(21(22,23)24)5-6-15(16)19(29)27(26-18)10-17(28)25-14-7-13(8-14)20(3,4)30/h5-6,9,11,13-14,30H,7-8,10H2,1-4H3,(H,25,28)/t13-,14-. The first-order chi connectivity index (χ1) is 13.8. The maximum absolute atomic E-state index is 13.1. The summed E-state index contributed by atoms with van der Waals surface area (Å²) in [5.74, 6) is -0.547. The number of hydrogen-bond acceptors (Lipinski definition) is 4. The van der Waals surface area contributed by atoms with Gasteiger partial charge in [-0.05, 0) is 56.7 Å². The van der Waals surface area contributed by atoms with Crippen LogP contribution in [0.25, 0.3) is 10.8 Å². The van der Waals surface area contributed by atoms with E-state index in [1.165, 1.54) is 0 Å². The van der Waals surface area contributed by atoms with Crippen molar-refractivity contribution >= 4 is 16.7 Å². The normalized spacial score (nSPS) is 19.8. The Morgan fingerprint density at radius 2 is 1.90 bits per heavy atom. The highest BCUT2D eigenvalue weighted by Crippen LogP contribution is 2.36. The molecule has 2 N–H and O–H groups in total. The number of nitrogens with zero attached hydrogens (tertiary/aromatic N) is 2. The third-order valence-electron chi connectivity index (χ3n) is 5.66. The lowest BCUT2D eigenvalue weighted by Crippen LogP contribution is -2.51. The summed E-state index contributed by atoms with van der Waals surface area (Å²) in [6.07, 6.45) is -3.24. The fourth-order valence-electron chi connectivity index (χ4n) is 3.74. The molecule has 1 aliphatic rings.